The fraction of sp³-hybridized carbons (Fsp3) is 0.545. The standard InChI is InChI=1S/C11H17N3O/c1-3-4-5-6-13-11(15)10-8-12-7-9(2)14-10/h7-8H,3-6H2,1-2H3,(H,13,15). The summed E-state index contributed by atoms with van der Waals surface area (Å²) in [7, 11) is 0. The first-order valence-corrected chi connectivity index (χ1v) is 5.31. The Bertz CT molecular complexity index is 325. The van der Waals surface area contributed by atoms with E-state index in [9.17, 15) is 4.79 Å². The molecule has 1 amide bonds. The van der Waals surface area contributed by atoms with E-state index >= 15 is 0 Å². The molecule has 0 aliphatic carbocycles. The zero-order valence-electron chi connectivity index (χ0n) is 9.29. The highest BCUT2D eigenvalue weighted by atomic mass is 16.1. The van der Waals surface area contributed by atoms with Crippen molar-refractivity contribution in [1.82, 2.24) is 15.3 Å². The first-order chi connectivity index (χ1) is 7.24. The molecule has 0 fully saturated rings. The van der Waals surface area contributed by atoms with Gasteiger partial charge < -0.3 is 5.32 Å². The molecule has 0 saturated carbocycles. The lowest BCUT2D eigenvalue weighted by atomic mass is 10.2. The molecule has 0 bridgehead atoms. The molecule has 0 saturated heterocycles. The van der Waals surface area contributed by atoms with Crippen LogP contribution in [0, 0.1) is 6.92 Å². The summed E-state index contributed by atoms with van der Waals surface area (Å²) >= 11 is 0. The van der Waals surface area contributed by atoms with Crippen molar-refractivity contribution in [2.45, 2.75) is 33.1 Å². The van der Waals surface area contributed by atoms with Gasteiger partial charge in [-0.05, 0) is 13.3 Å². The molecule has 1 heterocycles. The molecular weight excluding hydrogens is 190 g/mol. The van der Waals surface area contributed by atoms with Crippen LogP contribution in [0.3, 0.4) is 0 Å². The minimum atomic E-state index is -0.137. The van der Waals surface area contributed by atoms with Crippen molar-refractivity contribution >= 4 is 5.91 Å². The maximum Gasteiger partial charge on any atom is 0.271 e. The Morgan fingerprint density at radius 2 is 2.20 bits per heavy atom. The monoisotopic (exact) mass is 207 g/mol. The van der Waals surface area contributed by atoms with E-state index in [1.165, 1.54) is 6.20 Å². The summed E-state index contributed by atoms with van der Waals surface area (Å²) in [6, 6.07) is 0. The number of aryl methyl sites for hydroxylation is 1. The number of rotatable bonds is 5. The molecule has 0 unspecified atom stereocenters. The van der Waals surface area contributed by atoms with Crippen molar-refractivity contribution in [3.8, 4) is 0 Å². The number of carbonyl (C=O) groups excluding carboxylic acids is 1. The van der Waals surface area contributed by atoms with Gasteiger partial charge in [0.25, 0.3) is 5.91 Å². The minimum absolute atomic E-state index is 0.137. The number of hydrogen-bond donors (Lipinski definition) is 1. The van der Waals surface area contributed by atoms with Crippen LogP contribution in [0.15, 0.2) is 12.4 Å². The van der Waals surface area contributed by atoms with E-state index in [2.05, 4.69) is 22.2 Å². The molecule has 0 atom stereocenters. The third-order valence-electron chi connectivity index (χ3n) is 2.05. The molecule has 1 N–H and O–H groups in total. The fourth-order valence-electron chi connectivity index (χ4n) is 1.24. The highest BCUT2D eigenvalue weighted by Crippen LogP contribution is 1.96. The molecule has 4 nitrogen and oxygen atoms in total. The molecule has 1 rings (SSSR count). The molecule has 0 aromatic carbocycles. The number of nitrogens with zero attached hydrogens (tertiary/aromatic N) is 2. The summed E-state index contributed by atoms with van der Waals surface area (Å²) in [6.07, 6.45) is 6.43. The van der Waals surface area contributed by atoms with Gasteiger partial charge in [0.2, 0.25) is 0 Å². The van der Waals surface area contributed by atoms with Gasteiger partial charge in [-0.2, -0.15) is 0 Å². The Morgan fingerprint density at radius 3 is 2.87 bits per heavy atom. The molecule has 1 aromatic heterocycles. The number of nitrogens with one attached hydrogen (secondary N) is 1. The number of amides is 1. The third-order valence-corrected chi connectivity index (χ3v) is 2.05. The summed E-state index contributed by atoms with van der Waals surface area (Å²) in [5.74, 6) is -0.137. The van der Waals surface area contributed by atoms with Gasteiger partial charge >= 0.3 is 0 Å². The van der Waals surface area contributed by atoms with E-state index in [-0.39, 0.29) is 5.91 Å². The quantitative estimate of drug-likeness (QED) is 0.748. The van der Waals surface area contributed by atoms with Crippen LogP contribution in [-0.4, -0.2) is 22.4 Å². The second-order valence-electron chi connectivity index (χ2n) is 3.51. The van der Waals surface area contributed by atoms with E-state index in [0.717, 1.165) is 25.0 Å². The zero-order chi connectivity index (χ0) is 11.1. The van der Waals surface area contributed by atoms with Crippen molar-refractivity contribution in [2.75, 3.05) is 6.54 Å². The maximum absolute atomic E-state index is 11.5. The lowest BCUT2D eigenvalue weighted by Gasteiger charge is -2.03. The van der Waals surface area contributed by atoms with Gasteiger partial charge in [-0.3, -0.25) is 9.78 Å². The second-order valence-corrected chi connectivity index (χ2v) is 3.51. The molecule has 0 aliphatic heterocycles. The van der Waals surface area contributed by atoms with Gasteiger partial charge in [-0.25, -0.2) is 4.98 Å². The van der Waals surface area contributed by atoms with Crippen LogP contribution >= 0.6 is 0 Å². The molecule has 0 spiro atoms. The fourth-order valence-corrected chi connectivity index (χ4v) is 1.24. The molecule has 1 aromatic rings. The van der Waals surface area contributed by atoms with Crippen LogP contribution in [-0.2, 0) is 0 Å². The van der Waals surface area contributed by atoms with Gasteiger partial charge in [0, 0.05) is 12.7 Å². The first kappa shape index (κ1) is 11.6. The smallest absolute Gasteiger partial charge is 0.271 e. The van der Waals surface area contributed by atoms with Crippen molar-refractivity contribution < 1.29 is 4.79 Å². The first-order valence-electron chi connectivity index (χ1n) is 5.31. The second kappa shape index (κ2) is 6.11. The maximum atomic E-state index is 11.5. The molecule has 15 heavy (non-hydrogen) atoms. The Morgan fingerprint density at radius 1 is 1.40 bits per heavy atom. The molecule has 4 heteroatoms. The van der Waals surface area contributed by atoms with Crippen molar-refractivity contribution in [3.63, 3.8) is 0 Å². The van der Waals surface area contributed by atoms with Crippen LogP contribution in [0.4, 0.5) is 0 Å². The number of unbranched alkanes of at least 4 members (excludes halogenated alkanes) is 2. The van der Waals surface area contributed by atoms with Crippen LogP contribution in [0.2, 0.25) is 0 Å². The van der Waals surface area contributed by atoms with Crippen LogP contribution < -0.4 is 5.32 Å². The molecular formula is C11H17N3O. The summed E-state index contributed by atoms with van der Waals surface area (Å²) in [4.78, 5) is 19.6. The normalized spacial score (nSPS) is 10.0. The number of carbonyl (C=O) groups is 1. The van der Waals surface area contributed by atoms with Crippen molar-refractivity contribution in [3.05, 3.63) is 23.8 Å². The zero-order valence-corrected chi connectivity index (χ0v) is 9.29. The summed E-state index contributed by atoms with van der Waals surface area (Å²) in [6.45, 7) is 4.66. The van der Waals surface area contributed by atoms with Gasteiger partial charge in [-0.15, -0.1) is 0 Å². The van der Waals surface area contributed by atoms with Crippen LogP contribution in [0.5, 0.6) is 0 Å². The summed E-state index contributed by atoms with van der Waals surface area (Å²) in [5, 5.41) is 2.82. The number of aromatic nitrogens is 2. The predicted octanol–water partition coefficient (Wildman–Crippen LogP) is 1.71. The molecule has 82 valence electrons. The summed E-state index contributed by atoms with van der Waals surface area (Å²) < 4.78 is 0. The molecule has 0 radical (unpaired) electrons. The Kier molecular flexibility index (Phi) is 4.74. The topological polar surface area (TPSA) is 54.9 Å². The predicted molar refractivity (Wildman–Crippen MR) is 58.6 cm³/mol. The Hall–Kier alpha value is -1.45. The molecule has 0 aliphatic rings. The van der Waals surface area contributed by atoms with E-state index in [4.69, 9.17) is 0 Å². The average molecular weight is 207 g/mol. The van der Waals surface area contributed by atoms with Crippen LogP contribution in [0.25, 0.3) is 0 Å². The lowest BCUT2D eigenvalue weighted by molar-refractivity contribution is 0.0947. The highest BCUT2D eigenvalue weighted by Gasteiger charge is 2.06. The largest absolute Gasteiger partial charge is 0.351 e. The SMILES string of the molecule is CCCCCNC(=O)c1cncc(C)n1. The van der Waals surface area contributed by atoms with Crippen molar-refractivity contribution in [1.29, 1.82) is 0 Å². The van der Waals surface area contributed by atoms with E-state index in [1.54, 1.807) is 6.20 Å². The highest BCUT2D eigenvalue weighted by molar-refractivity contribution is 5.91. The van der Waals surface area contributed by atoms with E-state index in [0.29, 0.717) is 12.2 Å². The van der Waals surface area contributed by atoms with Gasteiger partial charge in [-0.1, -0.05) is 19.8 Å². The number of hydrogen-bond acceptors (Lipinski definition) is 3. The van der Waals surface area contributed by atoms with E-state index < -0.39 is 0 Å². The van der Waals surface area contributed by atoms with Gasteiger partial charge in [0.05, 0.1) is 11.9 Å². The average Bonchev–Trinajstić information content (AvgIpc) is 2.24. The Balaban J connectivity index is 2.40. The van der Waals surface area contributed by atoms with Crippen LogP contribution in [0.1, 0.15) is 42.4 Å². The van der Waals surface area contributed by atoms with Gasteiger partial charge in [0.15, 0.2) is 0 Å². The van der Waals surface area contributed by atoms with Crippen molar-refractivity contribution in [2.24, 2.45) is 0 Å². The Labute approximate surface area is 90.1 Å². The van der Waals surface area contributed by atoms with Gasteiger partial charge in [0.1, 0.15) is 5.69 Å². The minimum Gasteiger partial charge on any atom is -0.351 e. The third kappa shape index (κ3) is 4.06. The summed E-state index contributed by atoms with van der Waals surface area (Å²) in [5.41, 5.74) is 1.16. The lowest BCUT2D eigenvalue weighted by Crippen LogP contribution is -2.25. The van der Waals surface area contributed by atoms with E-state index in [1.807, 2.05) is 6.92 Å².